The Bertz CT molecular complexity index is 489. The first kappa shape index (κ1) is 13.3. The molecule has 1 atom stereocenters. The van der Waals surface area contributed by atoms with E-state index in [0.717, 1.165) is 9.30 Å². The van der Waals surface area contributed by atoms with Gasteiger partial charge in [-0.3, -0.25) is 4.79 Å². The summed E-state index contributed by atoms with van der Waals surface area (Å²) in [6.45, 7) is 4.27. The molecule has 1 amide bonds. The third-order valence-electron chi connectivity index (χ3n) is 2.65. The number of nitrogens with one attached hydrogen (secondary N) is 1. The first-order valence-electron chi connectivity index (χ1n) is 5.45. The number of fused-ring (bicyclic) bond motifs is 1. The van der Waals surface area contributed by atoms with E-state index in [2.05, 4.69) is 53.2 Å². The fourth-order valence-electron chi connectivity index (χ4n) is 1.50. The van der Waals surface area contributed by atoms with Crippen molar-refractivity contribution < 1.29 is 4.79 Å². The van der Waals surface area contributed by atoms with Crippen molar-refractivity contribution in [3.8, 4) is 0 Å². The molecule has 17 heavy (non-hydrogen) atoms. The number of thiophene rings is 2. The average Bonchev–Trinajstić information content (AvgIpc) is 2.84. The molecular formula is C12H14INOS2. The summed E-state index contributed by atoms with van der Waals surface area (Å²) in [6.07, 6.45) is 0. The number of alkyl halides is 1. The average molecular weight is 379 g/mol. The van der Waals surface area contributed by atoms with E-state index in [9.17, 15) is 4.79 Å². The first-order chi connectivity index (χ1) is 8.11. The van der Waals surface area contributed by atoms with Gasteiger partial charge in [0.05, 0.1) is 4.88 Å². The zero-order valence-electron chi connectivity index (χ0n) is 9.70. The summed E-state index contributed by atoms with van der Waals surface area (Å²) in [4.78, 5) is 12.9. The highest BCUT2D eigenvalue weighted by molar-refractivity contribution is 14.1. The van der Waals surface area contributed by atoms with Gasteiger partial charge in [0.25, 0.3) is 5.91 Å². The van der Waals surface area contributed by atoms with Crippen LogP contribution in [0, 0.1) is 5.92 Å². The summed E-state index contributed by atoms with van der Waals surface area (Å²) in [7, 11) is 0. The summed E-state index contributed by atoms with van der Waals surface area (Å²) >= 11 is 5.58. The van der Waals surface area contributed by atoms with Crippen LogP contribution in [0.5, 0.6) is 0 Å². The summed E-state index contributed by atoms with van der Waals surface area (Å²) < 4.78 is 3.35. The van der Waals surface area contributed by atoms with Crippen LogP contribution in [0.2, 0.25) is 0 Å². The van der Waals surface area contributed by atoms with Crippen molar-refractivity contribution in [2.45, 2.75) is 19.9 Å². The van der Waals surface area contributed by atoms with Gasteiger partial charge in [0.15, 0.2) is 0 Å². The Kier molecular flexibility index (Phi) is 4.43. The summed E-state index contributed by atoms with van der Waals surface area (Å²) in [5.74, 6) is 0.533. The molecule has 0 saturated heterocycles. The zero-order chi connectivity index (χ0) is 12.4. The molecule has 1 N–H and O–H groups in total. The Hall–Kier alpha value is -0.140. The van der Waals surface area contributed by atoms with E-state index in [0.29, 0.717) is 5.92 Å². The minimum atomic E-state index is 0.0637. The van der Waals surface area contributed by atoms with Gasteiger partial charge in [-0.25, -0.2) is 0 Å². The van der Waals surface area contributed by atoms with E-state index in [-0.39, 0.29) is 11.9 Å². The monoisotopic (exact) mass is 379 g/mol. The highest BCUT2D eigenvalue weighted by Crippen LogP contribution is 2.29. The minimum Gasteiger partial charge on any atom is -0.348 e. The lowest BCUT2D eigenvalue weighted by Gasteiger charge is -2.19. The number of rotatable bonds is 4. The highest BCUT2D eigenvalue weighted by atomic mass is 127. The van der Waals surface area contributed by atoms with Crippen LogP contribution in [0.1, 0.15) is 23.5 Å². The van der Waals surface area contributed by atoms with Crippen molar-refractivity contribution in [1.82, 2.24) is 5.32 Å². The molecule has 2 rings (SSSR count). The van der Waals surface area contributed by atoms with Gasteiger partial charge >= 0.3 is 0 Å². The SMILES string of the molecule is CC(C)C(CI)NC(=O)c1cc2sccc2s1. The van der Waals surface area contributed by atoms with Crippen LogP contribution >= 0.6 is 45.3 Å². The molecular weight excluding hydrogens is 365 g/mol. The van der Waals surface area contributed by atoms with Crippen molar-refractivity contribution in [1.29, 1.82) is 0 Å². The van der Waals surface area contributed by atoms with Crippen LogP contribution in [-0.4, -0.2) is 16.4 Å². The molecule has 1 unspecified atom stereocenters. The number of carbonyl (C=O) groups excluding carboxylic acids is 1. The summed E-state index contributed by atoms with van der Waals surface area (Å²) in [6, 6.07) is 4.31. The van der Waals surface area contributed by atoms with Crippen molar-refractivity contribution in [3.05, 3.63) is 22.4 Å². The number of amides is 1. The molecule has 2 aromatic rings. The van der Waals surface area contributed by atoms with Gasteiger partial charge in [-0.1, -0.05) is 36.4 Å². The zero-order valence-corrected chi connectivity index (χ0v) is 13.5. The molecule has 2 nitrogen and oxygen atoms in total. The second-order valence-corrected chi connectivity index (χ2v) is 7.15. The molecule has 0 aliphatic heterocycles. The molecule has 0 fully saturated rings. The minimum absolute atomic E-state index is 0.0637. The summed E-state index contributed by atoms with van der Waals surface area (Å²) in [5.41, 5.74) is 0. The Labute approximate surface area is 123 Å². The van der Waals surface area contributed by atoms with E-state index in [1.54, 1.807) is 22.7 Å². The third-order valence-corrected chi connectivity index (χ3v) is 5.69. The maximum atomic E-state index is 12.1. The van der Waals surface area contributed by atoms with Crippen LogP contribution in [0.4, 0.5) is 0 Å². The van der Waals surface area contributed by atoms with Crippen LogP contribution in [-0.2, 0) is 0 Å². The number of hydrogen-bond acceptors (Lipinski definition) is 3. The molecule has 0 saturated carbocycles. The predicted molar refractivity (Wildman–Crippen MR) is 84.7 cm³/mol. The Morgan fingerprint density at radius 1 is 1.47 bits per heavy atom. The lowest BCUT2D eigenvalue weighted by Crippen LogP contribution is -2.39. The van der Waals surface area contributed by atoms with E-state index >= 15 is 0 Å². The molecule has 0 aliphatic rings. The first-order valence-corrected chi connectivity index (χ1v) is 8.68. The Morgan fingerprint density at radius 3 is 2.82 bits per heavy atom. The molecule has 0 bridgehead atoms. The van der Waals surface area contributed by atoms with Crippen LogP contribution in [0.15, 0.2) is 17.5 Å². The maximum Gasteiger partial charge on any atom is 0.261 e. The van der Waals surface area contributed by atoms with Gasteiger partial charge in [0.2, 0.25) is 0 Å². The fraction of sp³-hybridized carbons (Fsp3) is 0.417. The van der Waals surface area contributed by atoms with Crippen molar-refractivity contribution >= 4 is 60.6 Å². The van der Waals surface area contributed by atoms with Crippen molar-refractivity contribution in [2.24, 2.45) is 5.92 Å². The number of hydrogen-bond donors (Lipinski definition) is 1. The standard InChI is InChI=1S/C12H14INOS2/c1-7(2)8(6-13)14-12(15)11-5-10-9(17-11)3-4-16-10/h3-5,7-8H,6H2,1-2H3,(H,14,15). The molecule has 92 valence electrons. The second-order valence-electron chi connectivity index (χ2n) is 4.24. The fourth-order valence-corrected chi connectivity index (χ4v) is 4.75. The maximum absolute atomic E-state index is 12.1. The van der Waals surface area contributed by atoms with E-state index in [1.807, 2.05) is 6.07 Å². The van der Waals surface area contributed by atoms with Crippen LogP contribution in [0.3, 0.4) is 0 Å². The van der Waals surface area contributed by atoms with Gasteiger partial charge in [0.1, 0.15) is 0 Å². The Morgan fingerprint density at radius 2 is 2.24 bits per heavy atom. The topological polar surface area (TPSA) is 29.1 Å². The molecule has 5 heteroatoms. The van der Waals surface area contributed by atoms with Crippen LogP contribution in [0.25, 0.3) is 9.40 Å². The quantitative estimate of drug-likeness (QED) is 0.628. The predicted octanol–water partition coefficient (Wildman–Crippen LogP) is 4.15. The van der Waals surface area contributed by atoms with Crippen LogP contribution < -0.4 is 5.32 Å². The summed E-state index contributed by atoms with van der Waals surface area (Å²) in [5, 5.41) is 5.16. The number of carbonyl (C=O) groups is 1. The van der Waals surface area contributed by atoms with Gasteiger partial charge < -0.3 is 5.32 Å². The lowest BCUT2D eigenvalue weighted by atomic mass is 10.1. The highest BCUT2D eigenvalue weighted by Gasteiger charge is 2.17. The lowest BCUT2D eigenvalue weighted by molar-refractivity contribution is 0.0936. The van der Waals surface area contributed by atoms with E-state index in [1.165, 1.54) is 9.40 Å². The molecule has 0 aliphatic carbocycles. The van der Waals surface area contributed by atoms with Gasteiger partial charge in [-0.15, -0.1) is 22.7 Å². The molecule has 0 aromatic carbocycles. The van der Waals surface area contributed by atoms with Gasteiger partial charge in [0, 0.05) is 19.9 Å². The van der Waals surface area contributed by atoms with Gasteiger partial charge in [-0.2, -0.15) is 0 Å². The Balaban J connectivity index is 2.12. The number of halogens is 1. The molecule has 2 aromatic heterocycles. The largest absolute Gasteiger partial charge is 0.348 e. The van der Waals surface area contributed by atoms with E-state index in [4.69, 9.17) is 0 Å². The van der Waals surface area contributed by atoms with E-state index < -0.39 is 0 Å². The molecule has 0 spiro atoms. The molecule has 2 heterocycles. The van der Waals surface area contributed by atoms with Crippen molar-refractivity contribution in [2.75, 3.05) is 4.43 Å². The second kappa shape index (κ2) is 5.67. The van der Waals surface area contributed by atoms with Crippen molar-refractivity contribution in [3.63, 3.8) is 0 Å². The third kappa shape index (κ3) is 3.00. The normalized spacial score (nSPS) is 13.2. The smallest absolute Gasteiger partial charge is 0.261 e. The van der Waals surface area contributed by atoms with Gasteiger partial charge in [-0.05, 0) is 23.4 Å². The molecule has 0 radical (unpaired) electrons.